The van der Waals surface area contributed by atoms with E-state index in [1.54, 1.807) is 12.1 Å². The van der Waals surface area contributed by atoms with Crippen molar-refractivity contribution in [3.05, 3.63) is 39.8 Å². The van der Waals surface area contributed by atoms with Crippen LogP contribution in [0.5, 0.6) is 5.88 Å². The molecule has 0 bridgehead atoms. The van der Waals surface area contributed by atoms with Gasteiger partial charge in [-0.15, -0.1) is 0 Å². The van der Waals surface area contributed by atoms with Gasteiger partial charge in [-0.1, -0.05) is 30.4 Å². The first-order chi connectivity index (χ1) is 10.4. The predicted octanol–water partition coefficient (Wildman–Crippen LogP) is 3.07. The topological polar surface area (TPSA) is 60.7 Å². The van der Waals surface area contributed by atoms with Gasteiger partial charge in [0.05, 0.1) is 4.88 Å². The fraction of sp³-hybridized carbons (Fsp3) is 0.267. The molecule has 22 heavy (non-hydrogen) atoms. The van der Waals surface area contributed by atoms with Crippen molar-refractivity contribution < 1.29 is 18.7 Å². The van der Waals surface area contributed by atoms with E-state index in [9.17, 15) is 14.0 Å². The Balaban J connectivity index is 2.71. The summed E-state index contributed by atoms with van der Waals surface area (Å²) in [5.41, 5.74) is 0.121. The number of thiazole rings is 1. The summed E-state index contributed by atoms with van der Waals surface area (Å²) in [6.07, 6.45) is 0.563. The summed E-state index contributed by atoms with van der Waals surface area (Å²) in [6.45, 7) is 4.46. The molecule has 7 heteroatoms. The monoisotopic (exact) mass is 322 g/mol. The molecule has 0 unspecified atom stereocenters. The predicted molar refractivity (Wildman–Crippen MR) is 80.9 cm³/mol. The zero-order chi connectivity index (χ0) is 16.3. The Labute approximate surface area is 130 Å². The normalized spacial score (nSPS) is 11.5. The van der Waals surface area contributed by atoms with Crippen molar-refractivity contribution in [1.29, 1.82) is 0 Å². The highest BCUT2D eigenvalue weighted by molar-refractivity contribution is 7.09. The average Bonchev–Trinajstić information content (AvgIpc) is 2.78. The number of aryl methyl sites for hydroxylation is 1. The van der Waals surface area contributed by atoms with Gasteiger partial charge >= 0.3 is 5.97 Å². The van der Waals surface area contributed by atoms with Crippen LogP contribution < -0.4 is 9.54 Å². The molecule has 0 aliphatic heterocycles. The van der Waals surface area contributed by atoms with Crippen molar-refractivity contribution in [2.24, 2.45) is 4.99 Å². The molecule has 1 heterocycles. The third-order valence-corrected chi connectivity index (χ3v) is 3.96. The fourth-order valence-electron chi connectivity index (χ4n) is 1.87. The van der Waals surface area contributed by atoms with E-state index >= 15 is 0 Å². The van der Waals surface area contributed by atoms with E-state index in [0.29, 0.717) is 11.3 Å². The Hall–Kier alpha value is -2.28. The first kappa shape index (κ1) is 16.1. The number of para-hydroxylation sites is 1. The molecule has 0 radical (unpaired) electrons. The van der Waals surface area contributed by atoms with Gasteiger partial charge in [0.15, 0.2) is 4.80 Å². The van der Waals surface area contributed by atoms with Crippen molar-refractivity contribution in [2.45, 2.75) is 27.2 Å². The van der Waals surface area contributed by atoms with Crippen LogP contribution in [-0.4, -0.2) is 16.4 Å². The largest absolute Gasteiger partial charge is 0.408 e. The molecule has 2 rings (SSSR count). The zero-order valence-electron chi connectivity index (χ0n) is 12.4. The standard InChI is InChI=1S/C15H15FN2O3S/c1-4-13-14(21-10(3)20)18(9(2)19)15(22-13)17-12-8-6-5-7-11(12)16/h5-8H,4H2,1-3H3. The van der Waals surface area contributed by atoms with Crippen LogP contribution in [-0.2, 0) is 11.2 Å². The number of halogens is 1. The molecule has 0 atom stereocenters. The highest BCUT2D eigenvalue weighted by Crippen LogP contribution is 2.24. The van der Waals surface area contributed by atoms with Crippen LogP contribution in [0, 0.1) is 5.82 Å². The molecule has 116 valence electrons. The Morgan fingerprint density at radius 2 is 2.00 bits per heavy atom. The number of hydrogen-bond donors (Lipinski definition) is 0. The van der Waals surface area contributed by atoms with Crippen LogP contribution in [0.15, 0.2) is 29.3 Å². The minimum atomic E-state index is -0.528. The fourth-order valence-corrected chi connectivity index (χ4v) is 2.90. The lowest BCUT2D eigenvalue weighted by molar-refractivity contribution is -0.132. The number of benzene rings is 1. The lowest BCUT2D eigenvalue weighted by Gasteiger charge is -2.05. The summed E-state index contributed by atoms with van der Waals surface area (Å²) in [7, 11) is 0. The third-order valence-electron chi connectivity index (χ3n) is 2.79. The summed E-state index contributed by atoms with van der Waals surface area (Å²) < 4.78 is 20.1. The van der Waals surface area contributed by atoms with Gasteiger partial charge < -0.3 is 4.74 Å². The number of ether oxygens (including phenoxy) is 1. The molecular weight excluding hydrogens is 307 g/mol. The Morgan fingerprint density at radius 3 is 2.55 bits per heavy atom. The van der Waals surface area contributed by atoms with Crippen molar-refractivity contribution in [2.75, 3.05) is 0 Å². The van der Waals surface area contributed by atoms with Gasteiger partial charge in [-0.2, -0.15) is 0 Å². The van der Waals surface area contributed by atoms with E-state index in [1.165, 1.54) is 41.9 Å². The van der Waals surface area contributed by atoms with Crippen LogP contribution in [0.2, 0.25) is 0 Å². The van der Waals surface area contributed by atoms with Crippen LogP contribution in [0.1, 0.15) is 30.4 Å². The maximum Gasteiger partial charge on any atom is 0.309 e. The molecule has 1 aromatic heterocycles. The SMILES string of the molecule is CCc1sc(=Nc2ccccc2F)n(C(C)=O)c1OC(C)=O. The summed E-state index contributed by atoms with van der Waals surface area (Å²) in [6, 6.07) is 6.01. The van der Waals surface area contributed by atoms with Gasteiger partial charge in [-0.05, 0) is 18.6 Å². The molecule has 0 fully saturated rings. The second kappa shape index (κ2) is 6.65. The van der Waals surface area contributed by atoms with Crippen molar-refractivity contribution in [1.82, 2.24) is 4.57 Å². The van der Waals surface area contributed by atoms with E-state index in [2.05, 4.69) is 4.99 Å². The first-order valence-electron chi connectivity index (χ1n) is 6.67. The van der Waals surface area contributed by atoms with Gasteiger partial charge in [-0.25, -0.2) is 13.9 Å². The van der Waals surface area contributed by atoms with E-state index in [4.69, 9.17) is 4.74 Å². The molecule has 0 aliphatic carbocycles. The number of rotatable bonds is 3. The van der Waals surface area contributed by atoms with E-state index in [1.807, 2.05) is 6.92 Å². The maximum atomic E-state index is 13.7. The van der Waals surface area contributed by atoms with Gasteiger partial charge in [0, 0.05) is 13.8 Å². The molecule has 0 saturated heterocycles. The highest BCUT2D eigenvalue weighted by Gasteiger charge is 2.19. The molecule has 5 nitrogen and oxygen atoms in total. The van der Waals surface area contributed by atoms with Crippen LogP contribution in [0.25, 0.3) is 0 Å². The summed E-state index contributed by atoms with van der Waals surface area (Å²) in [4.78, 5) is 28.3. The van der Waals surface area contributed by atoms with E-state index in [-0.39, 0.29) is 22.3 Å². The average molecular weight is 322 g/mol. The lowest BCUT2D eigenvalue weighted by atomic mass is 10.3. The molecule has 2 aromatic rings. The highest BCUT2D eigenvalue weighted by atomic mass is 32.1. The number of nitrogens with zero attached hydrogens (tertiary/aromatic N) is 2. The van der Waals surface area contributed by atoms with Crippen molar-refractivity contribution in [3.8, 4) is 5.88 Å². The second-order valence-electron chi connectivity index (χ2n) is 4.48. The third kappa shape index (κ3) is 3.30. The molecule has 0 aliphatic rings. The minimum absolute atomic E-state index is 0.121. The Bertz CT molecular complexity index is 792. The maximum absolute atomic E-state index is 13.7. The molecule has 1 aromatic carbocycles. The summed E-state index contributed by atoms with van der Waals surface area (Å²) in [5.74, 6) is -1.22. The Kier molecular flexibility index (Phi) is 4.87. The van der Waals surface area contributed by atoms with Gasteiger partial charge in [0.2, 0.25) is 11.8 Å². The van der Waals surface area contributed by atoms with Gasteiger partial charge in [0.1, 0.15) is 11.5 Å². The van der Waals surface area contributed by atoms with Crippen molar-refractivity contribution in [3.63, 3.8) is 0 Å². The number of carbonyl (C=O) groups is 2. The second-order valence-corrected chi connectivity index (χ2v) is 5.54. The van der Waals surface area contributed by atoms with Gasteiger partial charge in [-0.3, -0.25) is 9.59 Å². The van der Waals surface area contributed by atoms with Crippen LogP contribution in [0.4, 0.5) is 10.1 Å². The number of aromatic nitrogens is 1. The molecular formula is C15H15FN2O3S. The molecule has 0 spiro atoms. The minimum Gasteiger partial charge on any atom is -0.408 e. The smallest absolute Gasteiger partial charge is 0.309 e. The number of carbonyl (C=O) groups excluding carboxylic acids is 2. The molecule has 0 saturated carbocycles. The summed E-state index contributed by atoms with van der Waals surface area (Å²) >= 11 is 1.19. The van der Waals surface area contributed by atoms with Crippen LogP contribution >= 0.6 is 11.3 Å². The molecule has 0 amide bonds. The zero-order valence-corrected chi connectivity index (χ0v) is 13.2. The number of hydrogen-bond acceptors (Lipinski definition) is 5. The van der Waals surface area contributed by atoms with E-state index < -0.39 is 11.8 Å². The molecule has 0 N–H and O–H groups in total. The lowest BCUT2D eigenvalue weighted by Crippen LogP contribution is -2.22. The van der Waals surface area contributed by atoms with Gasteiger partial charge in [0.25, 0.3) is 0 Å². The van der Waals surface area contributed by atoms with E-state index in [0.717, 1.165) is 0 Å². The van der Waals surface area contributed by atoms with Crippen molar-refractivity contribution >= 4 is 28.9 Å². The quantitative estimate of drug-likeness (QED) is 0.816. The first-order valence-corrected chi connectivity index (χ1v) is 7.49. The van der Waals surface area contributed by atoms with Crippen LogP contribution in [0.3, 0.4) is 0 Å². The number of esters is 1. The summed E-state index contributed by atoms with van der Waals surface area (Å²) in [5, 5.41) is 0. The Morgan fingerprint density at radius 1 is 1.32 bits per heavy atom.